The van der Waals surface area contributed by atoms with E-state index in [9.17, 15) is 9.59 Å². The summed E-state index contributed by atoms with van der Waals surface area (Å²) < 4.78 is 4.93. The van der Waals surface area contributed by atoms with Gasteiger partial charge in [0, 0.05) is 31.1 Å². The number of nitrogens with one attached hydrogen (secondary N) is 1. The molecule has 1 heterocycles. The first-order valence-corrected chi connectivity index (χ1v) is 8.52. The van der Waals surface area contributed by atoms with Crippen molar-refractivity contribution in [2.24, 2.45) is 0 Å². The van der Waals surface area contributed by atoms with Crippen LogP contribution >= 0.6 is 34.5 Å². The van der Waals surface area contributed by atoms with Crippen LogP contribution in [0.15, 0.2) is 23.6 Å². The van der Waals surface area contributed by atoms with Crippen molar-refractivity contribution in [1.82, 2.24) is 9.88 Å². The quantitative estimate of drug-likeness (QED) is 0.823. The summed E-state index contributed by atoms with van der Waals surface area (Å²) in [6, 6.07) is 4.59. The van der Waals surface area contributed by atoms with Gasteiger partial charge in [-0.15, -0.1) is 11.3 Å². The number of hydrogen-bond acceptors (Lipinski definition) is 5. The molecule has 0 saturated carbocycles. The fourth-order valence-electron chi connectivity index (χ4n) is 1.79. The molecule has 1 aromatic heterocycles. The molecule has 128 valence electrons. The van der Waals surface area contributed by atoms with Gasteiger partial charge in [0.15, 0.2) is 5.13 Å². The van der Waals surface area contributed by atoms with Crippen LogP contribution in [0.3, 0.4) is 0 Å². The minimum Gasteiger partial charge on any atom is -0.383 e. The van der Waals surface area contributed by atoms with Gasteiger partial charge in [0.1, 0.15) is 5.69 Å². The predicted octanol–water partition coefficient (Wildman–Crippen LogP) is 3.42. The van der Waals surface area contributed by atoms with E-state index in [0.29, 0.717) is 23.3 Å². The van der Waals surface area contributed by atoms with Crippen molar-refractivity contribution in [3.63, 3.8) is 0 Å². The van der Waals surface area contributed by atoms with Crippen molar-refractivity contribution in [3.8, 4) is 0 Å². The molecule has 0 bridgehead atoms. The number of rotatable bonds is 6. The maximum Gasteiger partial charge on any atom is 0.273 e. The van der Waals surface area contributed by atoms with Crippen molar-refractivity contribution in [2.45, 2.75) is 0 Å². The number of nitrogens with zero attached hydrogens (tertiary/aromatic N) is 2. The van der Waals surface area contributed by atoms with Gasteiger partial charge in [-0.1, -0.05) is 23.2 Å². The zero-order chi connectivity index (χ0) is 17.7. The summed E-state index contributed by atoms with van der Waals surface area (Å²) in [5.74, 6) is -0.661. The molecule has 24 heavy (non-hydrogen) atoms. The topological polar surface area (TPSA) is 71.5 Å². The number of hydrogen-bond donors (Lipinski definition) is 1. The average Bonchev–Trinajstić information content (AvgIpc) is 3.00. The van der Waals surface area contributed by atoms with E-state index >= 15 is 0 Å². The second kappa shape index (κ2) is 8.43. The SMILES string of the molecule is COCCN(C)C(=O)c1csc(NC(=O)c2ccc(Cl)cc2Cl)n1. The molecular formula is C15H15Cl2N3O3S. The molecule has 0 spiro atoms. The summed E-state index contributed by atoms with van der Waals surface area (Å²) >= 11 is 13.0. The van der Waals surface area contributed by atoms with Crippen LogP contribution < -0.4 is 5.32 Å². The van der Waals surface area contributed by atoms with Crippen LogP contribution in [-0.2, 0) is 4.74 Å². The summed E-state index contributed by atoms with van der Waals surface area (Å²) in [7, 11) is 3.23. The molecule has 0 radical (unpaired) electrons. The standard InChI is InChI=1S/C15H15Cl2N3O3S/c1-20(5-6-23-2)14(22)12-8-24-15(18-12)19-13(21)10-4-3-9(16)7-11(10)17/h3-4,7-8H,5-6H2,1-2H3,(H,18,19,21). The van der Waals surface area contributed by atoms with Gasteiger partial charge >= 0.3 is 0 Å². The highest BCUT2D eigenvalue weighted by molar-refractivity contribution is 7.14. The monoisotopic (exact) mass is 387 g/mol. The molecule has 1 N–H and O–H groups in total. The smallest absolute Gasteiger partial charge is 0.273 e. The Morgan fingerprint density at radius 2 is 2.12 bits per heavy atom. The van der Waals surface area contributed by atoms with Crippen LogP contribution in [0.25, 0.3) is 0 Å². The molecule has 9 heteroatoms. The molecule has 2 aromatic rings. The van der Waals surface area contributed by atoms with Gasteiger partial charge in [-0.05, 0) is 18.2 Å². The van der Waals surface area contributed by atoms with Crippen molar-refractivity contribution in [3.05, 3.63) is 44.9 Å². The molecule has 0 aliphatic carbocycles. The number of carbonyl (C=O) groups is 2. The first-order valence-electron chi connectivity index (χ1n) is 6.88. The molecule has 0 fully saturated rings. The van der Waals surface area contributed by atoms with E-state index in [-0.39, 0.29) is 22.2 Å². The molecule has 2 amide bonds. The highest BCUT2D eigenvalue weighted by Gasteiger charge is 2.17. The van der Waals surface area contributed by atoms with Gasteiger partial charge in [-0.25, -0.2) is 4.98 Å². The van der Waals surface area contributed by atoms with Crippen LogP contribution in [0, 0.1) is 0 Å². The molecule has 0 atom stereocenters. The zero-order valence-electron chi connectivity index (χ0n) is 13.0. The van der Waals surface area contributed by atoms with Crippen molar-refractivity contribution in [2.75, 3.05) is 32.6 Å². The summed E-state index contributed by atoms with van der Waals surface area (Å²) in [5.41, 5.74) is 0.539. The van der Waals surface area contributed by atoms with Gasteiger partial charge < -0.3 is 9.64 Å². The van der Waals surface area contributed by atoms with Crippen LogP contribution in [-0.4, -0.2) is 49.0 Å². The summed E-state index contributed by atoms with van der Waals surface area (Å²) in [4.78, 5) is 30.0. The molecule has 0 aliphatic heterocycles. The Morgan fingerprint density at radius 1 is 1.38 bits per heavy atom. The van der Waals surface area contributed by atoms with Gasteiger partial charge in [-0.2, -0.15) is 0 Å². The number of methoxy groups -OCH3 is 1. The van der Waals surface area contributed by atoms with E-state index in [1.807, 2.05) is 0 Å². The number of thiazole rings is 1. The van der Waals surface area contributed by atoms with E-state index in [2.05, 4.69) is 10.3 Å². The minimum absolute atomic E-state index is 0.242. The first-order chi connectivity index (χ1) is 11.4. The highest BCUT2D eigenvalue weighted by atomic mass is 35.5. The van der Waals surface area contributed by atoms with E-state index < -0.39 is 5.91 Å². The van der Waals surface area contributed by atoms with Gasteiger partial charge in [0.25, 0.3) is 11.8 Å². The number of amides is 2. The zero-order valence-corrected chi connectivity index (χ0v) is 15.3. The van der Waals surface area contributed by atoms with Crippen LogP contribution in [0.1, 0.15) is 20.8 Å². The summed E-state index contributed by atoms with van der Waals surface area (Å²) in [6.45, 7) is 0.889. The third-order valence-corrected chi connectivity index (χ3v) is 4.40. The van der Waals surface area contributed by atoms with Crippen LogP contribution in [0.2, 0.25) is 10.0 Å². The normalized spacial score (nSPS) is 10.5. The minimum atomic E-state index is -0.419. The fourth-order valence-corrected chi connectivity index (χ4v) is 2.97. The lowest BCUT2D eigenvalue weighted by atomic mass is 10.2. The predicted molar refractivity (Wildman–Crippen MR) is 95.4 cm³/mol. The lowest BCUT2D eigenvalue weighted by molar-refractivity contribution is 0.0739. The fraction of sp³-hybridized carbons (Fsp3) is 0.267. The van der Waals surface area contributed by atoms with Gasteiger partial charge in [0.2, 0.25) is 0 Å². The van der Waals surface area contributed by atoms with Gasteiger partial charge in [-0.3, -0.25) is 14.9 Å². The Morgan fingerprint density at radius 3 is 2.79 bits per heavy atom. The number of likely N-dealkylation sites (N-methyl/N-ethyl adjacent to an activating group) is 1. The average molecular weight is 388 g/mol. The summed E-state index contributed by atoms with van der Waals surface area (Å²) in [6.07, 6.45) is 0. The lowest BCUT2D eigenvalue weighted by Gasteiger charge is -2.14. The van der Waals surface area contributed by atoms with E-state index in [1.165, 1.54) is 17.0 Å². The Hall–Kier alpha value is -1.67. The molecule has 0 unspecified atom stereocenters. The number of anilines is 1. The van der Waals surface area contributed by atoms with E-state index in [1.54, 1.807) is 25.6 Å². The highest BCUT2D eigenvalue weighted by Crippen LogP contribution is 2.23. The van der Waals surface area contributed by atoms with Gasteiger partial charge in [0.05, 0.1) is 17.2 Å². The Bertz CT molecular complexity index is 751. The van der Waals surface area contributed by atoms with Crippen LogP contribution in [0.4, 0.5) is 5.13 Å². The molecule has 0 aliphatic rings. The summed E-state index contributed by atoms with van der Waals surface area (Å²) in [5, 5.41) is 5.21. The number of aromatic nitrogens is 1. The molecule has 0 saturated heterocycles. The van der Waals surface area contributed by atoms with Crippen molar-refractivity contribution < 1.29 is 14.3 Å². The number of ether oxygens (including phenoxy) is 1. The Balaban J connectivity index is 2.05. The Labute approximate surface area is 153 Å². The maximum absolute atomic E-state index is 12.2. The van der Waals surface area contributed by atoms with Crippen molar-refractivity contribution in [1.29, 1.82) is 0 Å². The van der Waals surface area contributed by atoms with E-state index in [0.717, 1.165) is 11.3 Å². The molecule has 2 rings (SSSR count). The molecule has 6 nitrogen and oxygen atoms in total. The number of carbonyl (C=O) groups excluding carboxylic acids is 2. The Kier molecular flexibility index (Phi) is 6.56. The van der Waals surface area contributed by atoms with Crippen molar-refractivity contribution >= 4 is 51.5 Å². The van der Waals surface area contributed by atoms with E-state index in [4.69, 9.17) is 27.9 Å². The second-order valence-corrected chi connectivity index (χ2v) is 6.54. The number of benzene rings is 1. The first kappa shape index (κ1) is 18.7. The van der Waals surface area contributed by atoms with Crippen LogP contribution in [0.5, 0.6) is 0 Å². The second-order valence-electron chi connectivity index (χ2n) is 4.84. The molecular weight excluding hydrogens is 373 g/mol. The third-order valence-electron chi connectivity index (χ3n) is 3.10. The number of halogens is 2. The molecule has 1 aromatic carbocycles. The maximum atomic E-state index is 12.2. The third kappa shape index (κ3) is 4.67. The largest absolute Gasteiger partial charge is 0.383 e. The lowest BCUT2D eigenvalue weighted by Crippen LogP contribution is -2.30.